The van der Waals surface area contributed by atoms with E-state index in [-0.39, 0.29) is 18.0 Å². The smallest absolute Gasteiger partial charge is 0.417 e. The Balaban J connectivity index is 1.58. The number of nitrogens with zero attached hydrogens (tertiary/aromatic N) is 2. The summed E-state index contributed by atoms with van der Waals surface area (Å²) in [7, 11) is 0. The number of oxazole rings is 1. The minimum atomic E-state index is -1.07. The van der Waals surface area contributed by atoms with Crippen molar-refractivity contribution in [2.75, 3.05) is 6.54 Å². The number of β-amino-alcohol motifs (C(OH)–C–C–N with tert-alkyl or cyclic N) is 1. The van der Waals surface area contributed by atoms with Crippen LogP contribution in [-0.2, 0) is 6.61 Å². The van der Waals surface area contributed by atoms with Crippen LogP contribution in [0.4, 0.5) is 0 Å². The van der Waals surface area contributed by atoms with Crippen LogP contribution in [-0.4, -0.2) is 38.1 Å². The number of aliphatic hydroxyl groups excluding tert-OH is 1. The van der Waals surface area contributed by atoms with Gasteiger partial charge in [-0.05, 0) is 50.1 Å². The summed E-state index contributed by atoms with van der Waals surface area (Å²) in [6, 6.07) is 16.3. The summed E-state index contributed by atoms with van der Waals surface area (Å²) in [5.74, 6) is -0.521. The number of ether oxygens (including phenoxy) is 1. The number of hydrazine groups is 1. The number of aromatic amines is 1. The maximum atomic E-state index is 12.8. The van der Waals surface area contributed by atoms with Gasteiger partial charge in [0.25, 0.3) is 5.91 Å². The number of pyridine rings is 1. The third kappa shape index (κ3) is 5.64. The van der Waals surface area contributed by atoms with Crippen LogP contribution < -0.4 is 15.9 Å². The normalized spacial score (nSPS) is 12.6. The van der Waals surface area contributed by atoms with Crippen LogP contribution in [0.1, 0.15) is 54.8 Å². The van der Waals surface area contributed by atoms with Crippen molar-refractivity contribution in [3.8, 4) is 5.75 Å². The SMILES string of the molecule is CCC(C)(C)N(CC(O)c1ccc(OCc2ccccc2)c2[nH]c(=O)oc12)NC(=O)c1ccncc1. The number of hydrogen-bond acceptors (Lipinski definition) is 7. The first-order valence-electron chi connectivity index (χ1n) is 11.8. The second kappa shape index (κ2) is 10.8. The molecule has 0 aliphatic heterocycles. The average Bonchev–Trinajstić information content (AvgIpc) is 3.29. The summed E-state index contributed by atoms with van der Waals surface area (Å²) < 4.78 is 11.3. The van der Waals surface area contributed by atoms with Gasteiger partial charge in [-0.1, -0.05) is 37.3 Å². The van der Waals surface area contributed by atoms with Gasteiger partial charge in [0.05, 0.1) is 6.10 Å². The lowest BCUT2D eigenvalue weighted by Gasteiger charge is -2.39. The van der Waals surface area contributed by atoms with Crippen LogP contribution in [0.3, 0.4) is 0 Å². The van der Waals surface area contributed by atoms with Crippen LogP contribution in [0.15, 0.2) is 76.2 Å². The molecule has 0 bridgehead atoms. The predicted octanol–water partition coefficient (Wildman–Crippen LogP) is 3.96. The van der Waals surface area contributed by atoms with Gasteiger partial charge in [-0.25, -0.2) is 9.80 Å². The number of hydrogen-bond donors (Lipinski definition) is 3. The molecule has 0 saturated heterocycles. The summed E-state index contributed by atoms with van der Waals surface area (Å²) >= 11 is 0. The van der Waals surface area contributed by atoms with E-state index in [1.54, 1.807) is 41.7 Å². The summed E-state index contributed by atoms with van der Waals surface area (Å²) in [6.07, 6.45) is 2.73. The highest BCUT2D eigenvalue weighted by atomic mass is 16.5. The molecule has 188 valence electrons. The molecular weight excluding hydrogens is 460 g/mol. The summed E-state index contributed by atoms with van der Waals surface area (Å²) in [6.45, 7) is 6.31. The molecule has 0 fully saturated rings. The first kappa shape index (κ1) is 25.2. The zero-order chi connectivity index (χ0) is 25.7. The molecule has 0 aliphatic carbocycles. The molecule has 9 heteroatoms. The van der Waals surface area contributed by atoms with Crippen molar-refractivity contribution in [3.63, 3.8) is 0 Å². The fourth-order valence-corrected chi connectivity index (χ4v) is 3.74. The van der Waals surface area contributed by atoms with Gasteiger partial charge in [-0.15, -0.1) is 0 Å². The van der Waals surface area contributed by atoms with Gasteiger partial charge in [-0.2, -0.15) is 0 Å². The number of fused-ring (bicyclic) bond motifs is 1. The summed E-state index contributed by atoms with van der Waals surface area (Å²) in [4.78, 5) is 31.5. The summed E-state index contributed by atoms with van der Waals surface area (Å²) in [5.41, 5.74) is 4.86. The summed E-state index contributed by atoms with van der Waals surface area (Å²) in [5, 5.41) is 12.9. The van der Waals surface area contributed by atoms with E-state index in [0.717, 1.165) is 5.56 Å². The lowest BCUT2D eigenvalue weighted by Crippen LogP contribution is -2.55. The highest BCUT2D eigenvalue weighted by molar-refractivity contribution is 5.93. The molecule has 2 aromatic carbocycles. The molecule has 3 N–H and O–H groups in total. The molecule has 36 heavy (non-hydrogen) atoms. The van der Waals surface area contributed by atoms with E-state index in [9.17, 15) is 14.7 Å². The van der Waals surface area contributed by atoms with Crippen LogP contribution in [0, 0.1) is 0 Å². The van der Waals surface area contributed by atoms with Crippen LogP contribution >= 0.6 is 0 Å². The Labute approximate surface area is 208 Å². The van der Waals surface area contributed by atoms with Crippen LogP contribution in [0.5, 0.6) is 5.75 Å². The highest BCUT2D eigenvalue weighted by Crippen LogP contribution is 2.32. The molecule has 4 aromatic rings. The van der Waals surface area contributed by atoms with Crippen molar-refractivity contribution < 1.29 is 19.1 Å². The molecule has 0 aliphatic rings. The Morgan fingerprint density at radius 2 is 1.89 bits per heavy atom. The van der Waals surface area contributed by atoms with Crippen molar-refractivity contribution >= 4 is 17.0 Å². The molecular formula is C27H30N4O5. The number of rotatable bonds is 10. The Bertz CT molecular complexity index is 1370. The number of aliphatic hydroxyl groups is 1. The van der Waals surface area contributed by atoms with Gasteiger partial charge < -0.3 is 14.3 Å². The van der Waals surface area contributed by atoms with E-state index in [1.165, 1.54) is 0 Å². The lowest BCUT2D eigenvalue weighted by molar-refractivity contribution is 0.00835. The van der Waals surface area contributed by atoms with Gasteiger partial charge in [0.1, 0.15) is 17.9 Å². The third-order valence-electron chi connectivity index (χ3n) is 6.30. The van der Waals surface area contributed by atoms with Crippen molar-refractivity contribution in [2.24, 2.45) is 0 Å². The predicted molar refractivity (Wildman–Crippen MR) is 135 cm³/mol. The van der Waals surface area contributed by atoms with E-state index >= 15 is 0 Å². The van der Waals surface area contributed by atoms with Crippen LogP contribution in [0.25, 0.3) is 11.1 Å². The monoisotopic (exact) mass is 490 g/mol. The molecule has 1 unspecified atom stereocenters. The zero-order valence-electron chi connectivity index (χ0n) is 20.5. The van der Waals surface area contributed by atoms with Gasteiger partial charge in [0, 0.05) is 35.6 Å². The molecule has 9 nitrogen and oxygen atoms in total. The fraction of sp³-hybridized carbons (Fsp3) is 0.296. The van der Waals surface area contributed by atoms with Gasteiger partial charge in [0.2, 0.25) is 0 Å². The first-order valence-corrected chi connectivity index (χ1v) is 11.8. The average molecular weight is 491 g/mol. The molecule has 2 aromatic heterocycles. The second-order valence-electron chi connectivity index (χ2n) is 9.12. The molecule has 2 heterocycles. The molecule has 0 spiro atoms. The molecule has 4 rings (SSSR count). The maximum Gasteiger partial charge on any atom is 0.417 e. The third-order valence-corrected chi connectivity index (χ3v) is 6.30. The van der Waals surface area contributed by atoms with Gasteiger partial charge in [-0.3, -0.25) is 20.2 Å². The van der Waals surface area contributed by atoms with Crippen molar-refractivity contribution in [1.29, 1.82) is 0 Å². The zero-order valence-corrected chi connectivity index (χ0v) is 20.5. The molecule has 1 amide bonds. The van der Waals surface area contributed by atoms with Crippen molar-refractivity contribution in [3.05, 3.63) is 94.2 Å². The van der Waals surface area contributed by atoms with Crippen LogP contribution in [0.2, 0.25) is 0 Å². The van der Waals surface area contributed by atoms with E-state index in [0.29, 0.717) is 35.4 Å². The molecule has 1 atom stereocenters. The minimum absolute atomic E-state index is 0.0614. The number of amides is 1. The first-order chi connectivity index (χ1) is 17.3. The van der Waals surface area contributed by atoms with E-state index in [2.05, 4.69) is 15.4 Å². The van der Waals surface area contributed by atoms with Crippen molar-refractivity contribution in [2.45, 2.75) is 45.4 Å². The van der Waals surface area contributed by atoms with Crippen molar-refractivity contribution in [1.82, 2.24) is 20.4 Å². The maximum absolute atomic E-state index is 12.8. The van der Waals surface area contributed by atoms with E-state index in [1.807, 2.05) is 51.1 Å². The molecule has 0 radical (unpaired) electrons. The minimum Gasteiger partial charge on any atom is -0.487 e. The second-order valence-corrected chi connectivity index (χ2v) is 9.12. The fourth-order valence-electron chi connectivity index (χ4n) is 3.74. The Kier molecular flexibility index (Phi) is 7.52. The van der Waals surface area contributed by atoms with Gasteiger partial charge in [0.15, 0.2) is 5.58 Å². The number of aromatic nitrogens is 2. The number of carbonyl (C=O) groups is 1. The number of nitrogens with one attached hydrogen (secondary N) is 2. The standard InChI is InChI=1S/C27H30N4O5/c1-4-27(2,3)31(30-25(33)19-12-14-28-15-13-19)16-21(32)20-10-11-22(23-24(20)36-26(34)29-23)35-17-18-8-6-5-7-9-18/h5-15,21,32H,4,16-17H2,1-3H3,(H,29,34)(H,30,33). The Morgan fingerprint density at radius 3 is 2.58 bits per heavy atom. The Hall–Kier alpha value is -3.95. The van der Waals surface area contributed by atoms with Gasteiger partial charge >= 0.3 is 5.76 Å². The lowest BCUT2D eigenvalue weighted by atomic mass is 9.99. The number of benzene rings is 2. The largest absolute Gasteiger partial charge is 0.487 e. The van der Waals surface area contributed by atoms with E-state index in [4.69, 9.17) is 9.15 Å². The quantitative estimate of drug-likeness (QED) is 0.288. The number of H-pyrrole nitrogens is 1. The van der Waals surface area contributed by atoms with E-state index < -0.39 is 17.4 Å². The number of carbonyl (C=O) groups excluding carboxylic acids is 1. The topological polar surface area (TPSA) is 121 Å². The molecule has 0 saturated carbocycles. The Morgan fingerprint density at radius 1 is 1.17 bits per heavy atom. The highest BCUT2D eigenvalue weighted by Gasteiger charge is 2.30.